The number of aromatic nitrogens is 2. The van der Waals surface area contributed by atoms with Gasteiger partial charge in [0.1, 0.15) is 18.2 Å². The van der Waals surface area contributed by atoms with Crippen molar-refractivity contribution in [2.45, 2.75) is 11.5 Å². The van der Waals surface area contributed by atoms with Gasteiger partial charge in [-0.25, -0.2) is 13.4 Å². The van der Waals surface area contributed by atoms with E-state index in [2.05, 4.69) is 9.97 Å². The monoisotopic (exact) mass is 422 g/mol. The fraction of sp³-hybridized carbons (Fsp3) is 0.136. The molecular formula is C22H18N2O5S. The minimum Gasteiger partial charge on any atom is -0.486 e. The second kappa shape index (κ2) is 7.07. The van der Waals surface area contributed by atoms with E-state index in [1.807, 2.05) is 36.4 Å². The van der Waals surface area contributed by atoms with Gasteiger partial charge in [0.15, 0.2) is 21.3 Å². The number of rotatable bonds is 5. The zero-order valence-corrected chi connectivity index (χ0v) is 16.9. The number of hydrogen-bond acceptors (Lipinski definition) is 6. The summed E-state index contributed by atoms with van der Waals surface area (Å²) in [5.74, 6) is 2.68. The van der Waals surface area contributed by atoms with E-state index in [1.165, 1.54) is 6.26 Å². The number of nitrogens with one attached hydrogen (secondary N) is 1. The predicted molar refractivity (Wildman–Crippen MR) is 112 cm³/mol. The highest BCUT2D eigenvalue weighted by atomic mass is 32.2. The van der Waals surface area contributed by atoms with Gasteiger partial charge < -0.3 is 19.2 Å². The molecule has 152 valence electrons. The first-order valence-electron chi connectivity index (χ1n) is 9.28. The lowest BCUT2D eigenvalue weighted by Gasteiger charge is -2.07. The van der Waals surface area contributed by atoms with Crippen LogP contribution in [0.4, 0.5) is 0 Å². The quantitative estimate of drug-likeness (QED) is 0.524. The Morgan fingerprint density at radius 3 is 2.73 bits per heavy atom. The summed E-state index contributed by atoms with van der Waals surface area (Å²) in [6.45, 7) is 0.469. The summed E-state index contributed by atoms with van der Waals surface area (Å²) < 4.78 is 40.7. The molecule has 2 heterocycles. The first-order valence-corrected chi connectivity index (χ1v) is 11.2. The summed E-state index contributed by atoms with van der Waals surface area (Å²) in [7, 11) is -3.34. The van der Waals surface area contributed by atoms with Gasteiger partial charge in [0, 0.05) is 17.9 Å². The third-order valence-electron chi connectivity index (χ3n) is 4.85. The van der Waals surface area contributed by atoms with E-state index in [9.17, 15) is 8.42 Å². The van der Waals surface area contributed by atoms with Crippen molar-refractivity contribution in [3.05, 3.63) is 66.5 Å². The number of H-pyrrole nitrogens is 1. The second-order valence-corrected chi connectivity index (χ2v) is 8.97. The number of fused-ring (bicyclic) bond motifs is 2. The summed E-state index contributed by atoms with van der Waals surface area (Å²) in [6.07, 6.45) is 1.21. The Labute approximate surface area is 173 Å². The van der Waals surface area contributed by atoms with Crippen molar-refractivity contribution in [2.24, 2.45) is 0 Å². The zero-order valence-electron chi connectivity index (χ0n) is 16.1. The number of aromatic amines is 1. The lowest BCUT2D eigenvalue weighted by molar-refractivity contribution is 0.173. The van der Waals surface area contributed by atoms with Gasteiger partial charge in [0.25, 0.3) is 0 Å². The molecule has 1 aromatic heterocycles. The van der Waals surface area contributed by atoms with Crippen LogP contribution in [-0.2, 0) is 16.4 Å². The molecule has 3 aromatic carbocycles. The first kappa shape index (κ1) is 18.5. The Morgan fingerprint density at radius 1 is 1.03 bits per heavy atom. The fourth-order valence-electron chi connectivity index (χ4n) is 3.45. The van der Waals surface area contributed by atoms with Gasteiger partial charge in [-0.15, -0.1) is 0 Å². The van der Waals surface area contributed by atoms with Crippen LogP contribution in [0, 0.1) is 0 Å². The maximum atomic E-state index is 12.1. The van der Waals surface area contributed by atoms with Crippen molar-refractivity contribution in [1.29, 1.82) is 0 Å². The topological polar surface area (TPSA) is 90.5 Å². The van der Waals surface area contributed by atoms with Crippen LogP contribution in [0.5, 0.6) is 17.2 Å². The Kier molecular flexibility index (Phi) is 4.36. The van der Waals surface area contributed by atoms with Gasteiger partial charge >= 0.3 is 0 Å². The molecule has 7 nitrogen and oxygen atoms in total. The highest BCUT2D eigenvalue weighted by molar-refractivity contribution is 7.90. The van der Waals surface area contributed by atoms with Crippen LogP contribution in [0.2, 0.25) is 0 Å². The largest absolute Gasteiger partial charge is 0.486 e. The SMILES string of the molecule is CS(=O)(=O)c1ccccc1-c1ccc2nc(COc3ccc4c(c3)OCO4)[nH]c2c1. The number of hydrogen-bond donors (Lipinski definition) is 1. The van der Waals surface area contributed by atoms with Crippen LogP contribution in [0.1, 0.15) is 5.82 Å². The first-order chi connectivity index (χ1) is 14.5. The molecule has 8 heteroatoms. The highest BCUT2D eigenvalue weighted by Gasteiger charge is 2.16. The second-order valence-electron chi connectivity index (χ2n) is 6.99. The molecule has 4 aromatic rings. The lowest BCUT2D eigenvalue weighted by atomic mass is 10.1. The van der Waals surface area contributed by atoms with Crippen LogP contribution in [-0.4, -0.2) is 31.4 Å². The molecule has 0 spiro atoms. The third-order valence-corrected chi connectivity index (χ3v) is 6.00. The maximum Gasteiger partial charge on any atom is 0.231 e. The number of sulfone groups is 1. The van der Waals surface area contributed by atoms with Gasteiger partial charge in [0.2, 0.25) is 6.79 Å². The normalized spacial score (nSPS) is 13.0. The van der Waals surface area contributed by atoms with Crippen LogP contribution < -0.4 is 14.2 Å². The van der Waals surface area contributed by atoms with Crippen LogP contribution in [0.25, 0.3) is 22.2 Å². The number of nitrogens with zero attached hydrogens (tertiary/aromatic N) is 1. The average Bonchev–Trinajstić information content (AvgIpc) is 3.37. The predicted octanol–water partition coefficient (Wildman–Crippen LogP) is 3.94. The molecule has 0 aliphatic carbocycles. The van der Waals surface area contributed by atoms with E-state index in [0.29, 0.717) is 33.5 Å². The summed E-state index contributed by atoms with van der Waals surface area (Å²) in [5, 5.41) is 0. The maximum absolute atomic E-state index is 12.1. The molecule has 1 aliphatic rings. The molecule has 1 N–H and O–H groups in total. The number of benzene rings is 3. The molecule has 0 radical (unpaired) electrons. The zero-order chi connectivity index (χ0) is 20.7. The van der Waals surface area contributed by atoms with Crippen LogP contribution in [0.3, 0.4) is 0 Å². The fourth-order valence-corrected chi connectivity index (χ4v) is 4.36. The molecular weight excluding hydrogens is 404 g/mol. The molecule has 0 bridgehead atoms. The molecule has 0 amide bonds. The minimum absolute atomic E-state index is 0.215. The molecule has 5 rings (SSSR count). The van der Waals surface area contributed by atoms with Gasteiger partial charge in [0.05, 0.1) is 15.9 Å². The highest BCUT2D eigenvalue weighted by Crippen LogP contribution is 2.35. The third kappa shape index (κ3) is 3.46. The Morgan fingerprint density at radius 2 is 1.87 bits per heavy atom. The van der Waals surface area contributed by atoms with E-state index in [1.54, 1.807) is 24.3 Å². The van der Waals surface area contributed by atoms with Crippen molar-refractivity contribution in [3.63, 3.8) is 0 Å². The van der Waals surface area contributed by atoms with E-state index in [-0.39, 0.29) is 13.4 Å². The van der Waals surface area contributed by atoms with Crippen molar-refractivity contribution >= 4 is 20.9 Å². The van der Waals surface area contributed by atoms with Crippen molar-refractivity contribution in [3.8, 4) is 28.4 Å². The van der Waals surface area contributed by atoms with E-state index in [0.717, 1.165) is 16.6 Å². The molecule has 1 aliphatic heterocycles. The molecule has 0 atom stereocenters. The van der Waals surface area contributed by atoms with Crippen molar-refractivity contribution in [2.75, 3.05) is 13.0 Å². The average molecular weight is 422 g/mol. The Balaban J connectivity index is 1.41. The van der Waals surface area contributed by atoms with E-state index >= 15 is 0 Å². The number of ether oxygens (including phenoxy) is 3. The van der Waals surface area contributed by atoms with Gasteiger partial charge in [-0.3, -0.25) is 0 Å². The molecule has 0 unspecified atom stereocenters. The van der Waals surface area contributed by atoms with Crippen molar-refractivity contribution < 1.29 is 22.6 Å². The number of imidazole rings is 1. The van der Waals surface area contributed by atoms with Gasteiger partial charge in [-0.2, -0.15) is 0 Å². The summed E-state index contributed by atoms with van der Waals surface area (Å²) in [6, 6.07) is 18.0. The van der Waals surface area contributed by atoms with Crippen LogP contribution in [0.15, 0.2) is 65.6 Å². The van der Waals surface area contributed by atoms with E-state index in [4.69, 9.17) is 14.2 Å². The summed E-state index contributed by atoms with van der Waals surface area (Å²) in [4.78, 5) is 8.10. The molecule has 0 saturated heterocycles. The molecule has 30 heavy (non-hydrogen) atoms. The Bertz CT molecular complexity index is 1360. The van der Waals surface area contributed by atoms with Gasteiger partial charge in [-0.1, -0.05) is 24.3 Å². The van der Waals surface area contributed by atoms with Crippen molar-refractivity contribution in [1.82, 2.24) is 9.97 Å². The molecule has 0 fully saturated rings. The summed E-state index contributed by atoms with van der Waals surface area (Å²) >= 11 is 0. The molecule has 0 saturated carbocycles. The smallest absolute Gasteiger partial charge is 0.231 e. The Hall–Kier alpha value is -3.52. The summed E-state index contributed by atoms with van der Waals surface area (Å²) in [5.41, 5.74) is 3.05. The minimum atomic E-state index is -3.34. The van der Waals surface area contributed by atoms with Gasteiger partial charge in [-0.05, 0) is 35.9 Å². The lowest BCUT2D eigenvalue weighted by Crippen LogP contribution is -1.99. The van der Waals surface area contributed by atoms with E-state index < -0.39 is 9.84 Å². The standard InChI is InChI=1S/C22H18N2O5S/c1-30(25,26)21-5-3-2-4-16(21)14-6-8-17-18(10-14)24-22(23-17)12-27-15-7-9-19-20(11-15)29-13-28-19/h2-11H,12-13H2,1H3,(H,23,24). The van der Waals surface area contributed by atoms with Crippen LogP contribution >= 0.6 is 0 Å².